The summed E-state index contributed by atoms with van der Waals surface area (Å²) in [5.41, 5.74) is 2.84. The van der Waals surface area contributed by atoms with Gasteiger partial charge in [-0.3, -0.25) is 14.5 Å². The maximum Gasteiger partial charge on any atom is 0.274 e. The van der Waals surface area contributed by atoms with Crippen LogP contribution < -0.4 is 5.56 Å². The first-order chi connectivity index (χ1) is 15.5. The summed E-state index contributed by atoms with van der Waals surface area (Å²) in [4.78, 5) is 29.4. The lowest BCUT2D eigenvalue weighted by Gasteiger charge is -2.35. The zero-order valence-corrected chi connectivity index (χ0v) is 19.2. The molecule has 0 N–H and O–H groups in total. The van der Waals surface area contributed by atoms with E-state index < -0.39 is 0 Å². The summed E-state index contributed by atoms with van der Waals surface area (Å²) in [6, 6.07) is 11.5. The first-order valence-corrected chi connectivity index (χ1v) is 11.7. The third-order valence-corrected chi connectivity index (χ3v) is 6.76. The van der Waals surface area contributed by atoms with E-state index in [2.05, 4.69) is 41.2 Å². The molecule has 0 radical (unpaired) electrons. The Balaban J connectivity index is 1.38. The Labute approximate surface area is 190 Å². The Morgan fingerprint density at radius 2 is 1.91 bits per heavy atom. The van der Waals surface area contributed by atoms with Gasteiger partial charge in [0, 0.05) is 39.4 Å². The minimum Gasteiger partial charge on any atom is -0.376 e. The van der Waals surface area contributed by atoms with Crippen molar-refractivity contribution in [2.75, 3.05) is 32.8 Å². The van der Waals surface area contributed by atoms with Gasteiger partial charge in [-0.05, 0) is 68.8 Å². The maximum atomic E-state index is 13.3. The van der Waals surface area contributed by atoms with Gasteiger partial charge < -0.3 is 9.64 Å². The van der Waals surface area contributed by atoms with E-state index in [0.717, 1.165) is 51.9 Å². The first-order valence-electron chi connectivity index (χ1n) is 11.7. The number of carbonyl (C=O) groups is 1. The minimum atomic E-state index is -0.215. The number of amides is 1. The van der Waals surface area contributed by atoms with Crippen LogP contribution in [0.2, 0.25) is 0 Å². The lowest BCUT2D eigenvalue weighted by molar-refractivity contribution is 0.0438. The summed E-state index contributed by atoms with van der Waals surface area (Å²) in [5.74, 6) is 0.347. The number of likely N-dealkylation sites (tertiary alicyclic amines) is 1. The van der Waals surface area contributed by atoms with Crippen molar-refractivity contribution in [1.29, 1.82) is 0 Å². The lowest BCUT2D eigenvalue weighted by Crippen LogP contribution is -2.44. The molecule has 0 spiro atoms. The second-order valence-electron chi connectivity index (χ2n) is 9.17. The molecule has 2 saturated heterocycles. The summed E-state index contributed by atoms with van der Waals surface area (Å²) < 4.78 is 7.04. The van der Waals surface area contributed by atoms with E-state index in [1.54, 1.807) is 7.05 Å². The van der Waals surface area contributed by atoms with Crippen LogP contribution in [0, 0.1) is 12.8 Å². The second-order valence-corrected chi connectivity index (χ2v) is 9.17. The number of piperidine rings is 1. The number of hydrogen-bond donors (Lipinski definition) is 0. The molecule has 1 amide bonds. The van der Waals surface area contributed by atoms with Gasteiger partial charge in [0.2, 0.25) is 0 Å². The fraction of sp³-hybridized carbons (Fsp3) is 0.560. The van der Waals surface area contributed by atoms with Crippen molar-refractivity contribution >= 4 is 5.91 Å². The van der Waals surface area contributed by atoms with Gasteiger partial charge in [-0.2, -0.15) is 5.10 Å². The van der Waals surface area contributed by atoms with Crippen LogP contribution in [0.1, 0.15) is 47.3 Å². The second kappa shape index (κ2) is 10.4. The normalized spacial score (nSPS) is 19.9. The van der Waals surface area contributed by atoms with Gasteiger partial charge in [-0.15, -0.1) is 0 Å². The van der Waals surface area contributed by atoms with Crippen LogP contribution in [0.4, 0.5) is 0 Å². The molecule has 2 aliphatic rings. The molecule has 0 bridgehead atoms. The number of ether oxygens (including phenoxy) is 1. The summed E-state index contributed by atoms with van der Waals surface area (Å²) >= 11 is 0. The van der Waals surface area contributed by atoms with Crippen LogP contribution in [-0.4, -0.2) is 64.4 Å². The van der Waals surface area contributed by atoms with Crippen molar-refractivity contribution in [3.8, 4) is 0 Å². The summed E-state index contributed by atoms with van der Waals surface area (Å²) in [6.45, 7) is 7.30. The SMILES string of the molecule is Cc1ccccc1CN1CCC(CN(CC2CCCO2)C(=O)c2ccc(=O)n(C)n2)CC1. The number of aryl methyl sites for hydroxylation is 2. The quantitative estimate of drug-likeness (QED) is 0.665. The fourth-order valence-corrected chi connectivity index (χ4v) is 4.72. The molecule has 2 aromatic rings. The molecule has 1 atom stereocenters. The Kier molecular flexibility index (Phi) is 7.37. The van der Waals surface area contributed by atoms with E-state index in [0.29, 0.717) is 24.7 Å². The highest BCUT2D eigenvalue weighted by Gasteiger charge is 2.28. The van der Waals surface area contributed by atoms with Crippen LogP contribution in [-0.2, 0) is 18.3 Å². The molecule has 2 fully saturated rings. The van der Waals surface area contributed by atoms with E-state index in [-0.39, 0.29) is 17.6 Å². The van der Waals surface area contributed by atoms with Crippen molar-refractivity contribution in [3.63, 3.8) is 0 Å². The number of hydrogen-bond acceptors (Lipinski definition) is 5. The van der Waals surface area contributed by atoms with E-state index in [9.17, 15) is 9.59 Å². The Morgan fingerprint density at radius 1 is 1.12 bits per heavy atom. The molecule has 7 heteroatoms. The standard InChI is InChI=1S/C25H34N4O3/c1-19-6-3-4-7-21(19)17-28-13-11-20(12-14-28)16-29(18-22-8-5-15-32-22)25(31)23-9-10-24(30)27(2)26-23/h3-4,6-7,9-10,20,22H,5,8,11-18H2,1-2H3. The van der Waals surface area contributed by atoms with Gasteiger partial charge in [0.15, 0.2) is 0 Å². The van der Waals surface area contributed by atoms with Gasteiger partial charge in [0.25, 0.3) is 11.5 Å². The molecule has 4 rings (SSSR count). The fourth-order valence-electron chi connectivity index (χ4n) is 4.72. The van der Waals surface area contributed by atoms with Gasteiger partial charge in [-0.1, -0.05) is 24.3 Å². The number of nitrogens with zero attached hydrogens (tertiary/aromatic N) is 4. The zero-order chi connectivity index (χ0) is 22.5. The number of aromatic nitrogens is 2. The van der Waals surface area contributed by atoms with E-state index >= 15 is 0 Å². The molecule has 1 aromatic heterocycles. The predicted molar refractivity (Wildman–Crippen MR) is 124 cm³/mol. The van der Waals surface area contributed by atoms with Gasteiger partial charge in [0.1, 0.15) is 5.69 Å². The van der Waals surface area contributed by atoms with Crippen LogP contribution in [0.3, 0.4) is 0 Å². The predicted octanol–water partition coefficient (Wildman–Crippen LogP) is 2.62. The van der Waals surface area contributed by atoms with Crippen molar-refractivity contribution in [2.24, 2.45) is 13.0 Å². The Morgan fingerprint density at radius 3 is 2.59 bits per heavy atom. The molecule has 172 valence electrons. The van der Waals surface area contributed by atoms with Crippen molar-refractivity contribution in [3.05, 3.63) is 63.6 Å². The molecular formula is C25H34N4O3. The average molecular weight is 439 g/mol. The number of benzene rings is 1. The molecule has 0 aliphatic carbocycles. The summed E-state index contributed by atoms with van der Waals surface area (Å²) in [6.07, 6.45) is 4.26. The third kappa shape index (κ3) is 5.64. The van der Waals surface area contributed by atoms with Crippen molar-refractivity contribution < 1.29 is 9.53 Å². The molecule has 3 heterocycles. The topological polar surface area (TPSA) is 67.7 Å². The average Bonchev–Trinajstić information content (AvgIpc) is 3.31. The molecule has 2 aliphatic heterocycles. The zero-order valence-electron chi connectivity index (χ0n) is 19.2. The molecule has 1 aromatic carbocycles. The van der Waals surface area contributed by atoms with Gasteiger partial charge in [-0.25, -0.2) is 4.68 Å². The van der Waals surface area contributed by atoms with Crippen LogP contribution in [0.25, 0.3) is 0 Å². The lowest BCUT2D eigenvalue weighted by atomic mass is 9.95. The summed E-state index contributed by atoms with van der Waals surface area (Å²) in [5, 5.41) is 4.19. The van der Waals surface area contributed by atoms with Crippen LogP contribution in [0.15, 0.2) is 41.2 Å². The molecule has 0 saturated carbocycles. The van der Waals surface area contributed by atoms with E-state index in [4.69, 9.17) is 4.74 Å². The summed E-state index contributed by atoms with van der Waals surface area (Å²) in [7, 11) is 1.58. The van der Waals surface area contributed by atoms with Gasteiger partial charge >= 0.3 is 0 Å². The highest BCUT2D eigenvalue weighted by atomic mass is 16.5. The largest absolute Gasteiger partial charge is 0.376 e. The van der Waals surface area contributed by atoms with E-state index in [1.165, 1.54) is 27.9 Å². The highest BCUT2D eigenvalue weighted by molar-refractivity contribution is 5.92. The third-order valence-electron chi connectivity index (χ3n) is 6.76. The Hall–Kier alpha value is -2.51. The number of carbonyl (C=O) groups excluding carboxylic acids is 1. The van der Waals surface area contributed by atoms with E-state index in [1.807, 2.05) is 4.90 Å². The smallest absolute Gasteiger partial charge is 0.274 e. The maximum absolute atomic E-state index is 13.3. The highest BCUT2D eigenvalue weighted by Crippen LogP contribution is 2.23. The first kappa shape index (κ1) is 22.7. The number of rotatable bonds is 7. The molecule has 1 unspecified atom stereocenters. The van der Waals surface area contributed by atoms with Crippen LogP contribution in [0.5, 0.6) is 0 Å². The molecule has 32 heavy (non-hydrogen) atoms. The van der Waals surface area contributed by atoms with Crippen molar-refractivity contribution in [1.82, 2.24) is 19.6 Å². The molecule has 7 nitrogen and oxygen atoms in total. The van der Waals surface area contributed by atoms with Gasteiger partial charge in [0.05, 0.1) is 6.10 Å². The minimum absolute atomic E-state index is 0.0904. The monoisotopic (exact) mass is 438 g/mol. The van der Waals surface area contributed by atoms with Crippen LogP contribution >= 0.6 is 0 Å². The molecular weight excluding hydrogens is 404 g/mol. The van der Waals surface area contributed by atoms with Crippen molar-refractivity contribution in [2.45, 2.75) is 45.3 Å². The Bertz CT molecular complexity index is 975.